The Morgan fingerprint density at radius 2 is 1.36 bits per heavy atom. The fourth-order valence-electron chi connectivity index (χ4n) is 4.47. The Labute approximate surface area is 215 Å². The molecule has 36 heavy (non-hydrogen) atoms. The van der Waals surface area contributed by atoms with Gasteiger partial charge < -0.3 is 27.5 Å². The van der Waals surface area contributed by atoms with Gasteiger partial charge in [-0.25, -0.2) is 0 Å². The first-order valence-electron chi connectivity index (χ1n) is 12.8. The summed E-state index contributed by atoms with van der Waals surface area (Å²) in [5.41, 5.74) is 2.86. The molecule has 0 radical (unpaired) electrons. The summed E-state index contributed by atoms with van der Waals surface area (Å²) in [6.45, 7) is 8.58. The highest BCUT2D eigenvalue weighted by Crippen LogP contribution is 2.43. The van der Waals surface area contributed by atoms with Crippen LogP contribution in [0.15, 0.2) is 78.9 Å². The highest BCUT2D eigenvalue weighted by atomic mass is 28.4. The van der Waals surface area contributed by atoms with E-state index in [1.807, 2.05) is 99.6 Å². The highest BCUT2D eigenvalue weighted by Gasteiger charge is 2.42. The Bertz CT molecular complexity index is 1020. The number of fused-ring (bicyclic) bond motifs is 1. The molecule has 0 unspecified atom stereocenters. The zero-order valence-corrected chi connectivity index (χ0v) is 22.4. The van der Waals surface area contributed by atoms with E-state index in [-0.39, 0.29) is 0 Å². The van der Waals surface area contributed by atoms with Crippen molar-refractivity contribution in [3.63, 3.8) is 0 Å². The Kier molecular flexibility index (Phi) is 9.17. The van der Waals surface area contributed by atoms with E-state index in [4.69, 9.17) is 27.5 Å². The molecule has 0 atom stereocenters. The standard InChI is InChI=1S/C29H36O6Si/c1-4-32-36(33-5-2,34-6-3)21-13-20-30-27-18-19-28-24(22-27)23-31-29(35-28,25-14-9-7-10-15-25)26-16-11-8-12-17-26/h7-12,14-19,22H,4-6,13,20-21,23H2,1-3H3. The smallest absolute Gasteiger partial charge is 0.494 e. The van der Waals surface area contributed by atoms with Crippen LogP contribution in [0.5, 0.6) is 11.5 Å². The van der Waals surface area contributed by atoms with E-state index in [2.05, 4.69) is 0 Å². The lowest BCUT2D eigenvalue weighted by atomic mass is 9.95. The van der Waals surface area contributed by atoms with E-state index in [1.54, 1.807) is 0 Å². The predicted molar refractivity (Wildman–Crippen MR) is 141 cm³/mol. The molecule has 3 aromatic carbocycles. The fourth-order valence-corrected chi connectivity index (χ4v) is 7.05. The fraction of sp³-hybridized carbons (Fsp3) is 0.379. The largest absolute Gasteiger partial charge is 0.501 e. The van der Waals surface area contributed by atoms with Crippen molar-refractivity contribution >= 4 is 8.80 Å². The second kappa shape index (κ2) is 12.5. The molecule has 1 aliphatic rings. The van der Waals surface area contributed by atoms with E-state index >= 15 is 0 Å². The third kappa shape index (κ3) is 5.99. The second-order valence-electron chi connectivity index (χ2n) is 8.44. The minimum atomic E-state index is -2.66. The molecular formula is C29H36O6Si. The minimum Gasteiger partial charge on any atom is -0.494 e. The van der Waals surface area contributed by atoms with Crippen molar-refractivity contribution in [1.29, 1.82) is 0 Å². The first-order valence-corrected chi connectivity index (χ1v) is 14.7. The lowest BCUT2D eigenvalue weighted by Crippen LogP contribution is -2.46. The van der Waals surface area contributed by atoms with Crippen LogP contribution < -0.4 is 9.47 Å². The molecule has 3 aromatic rings. The van der Waals surface area contributed by atoms with Gasteiger partial charge in [-0.05, 0) is 45.4 Å². The Hall–Kier alpha value is -2.68. The van der Waals surface area contributed by atoms with Gasteiger partial charge in [0.05, 0.1) is 13.2 Å². The lowest BCUT2D eigenvalue weighted by Gasteiger charge is -2.39. The molecule has 6 nitrogen and oxygen atoms in total. The van der Waals surface area contributed by atoms with Crippen LogP contribution in [-0.2, 0) is 30.4 Å². The van der Waals surface area contributed by atoms with Gasteiger partial charge in [0.2, 0.25) is 0 Å². The quantitative estimate of drug-likeness (QED) is 0.199. The molecule has 0 spiro atoms. The molecule has 1 heterocycles. The normalized spacial score (nSPS) is 14.6. The zero-order chi connectivity index (χ0) is 25.3. The van der Waals surface area contributed by atoms with Crippen molar-refractivity contribution in [3.05, 3.63) is 95.6 Å². The number of hydrogen-bond acceptors (Lipinski definition) is 6. The predicted octanol–water partition coefficient (Wildman–Crippen LogP) is 6.31. The van der Waals surface area contributed by atoms with Crippen LogP contribution in [0.1, 0.15) is 43.9 Å². The number of benzene rings is 3. The van der Waals surface area contributed by atoms with Crippen molar-refractivity contribution in [3.8, 4) is 11.5 Å². The van der Waals surface area contributed by atoms with Gasteiger partial charge in [-0.3, -0.25) is 0 Å². The van der Waals surface area contributed by atoms with Gasteiger partial charge in [-0.2, -0.15) is 0 Å². The van der Waals surface area contributed by atoms with Gasteiger partial charge in [-0.15, -0.1) is 0 Å². The molecule has 0 bridgehead atoms. The minimum absolute atomic E-state index is 0.408. The molecule has 0 N–H and O–H groups in total. The molecule has 0 aliphatic carbocycles. The Balaban J connectivity index is 1.44. The number of hydrogen-bond donors (Lipinski definition) is 0. The summed E-state index contributed by atoms with van der Waals surface area (Å²) in [7, 11) is -2.66. The van der Waals surface area contributed by atoms with Crippen LogP contribution in [0, 0.1) is 0 Å². The maximum atomic E-state index is 6.58. The summed E-state index contributed by atoms with van der Waals surface area (Å²) < 4.78 is 36.9. The number of rotatable bonds is 13. The van der Waals surface area contributed by atoms with E-state index in [9.17, 15) is 0 Å². The molecule has 0 saturated carbocycles. The molecule has 4 rings (SSSR count). The second-order valence-corrected chi connectivity index (χ2v) is 11.2. The van der Waals surface area contributed by atoms with Gasteiger partial charge in [-0.1, -0.05) is 60.7 Å². The first kappa shape index (κ1) is 26.4. The molecule has 0 aromatic heterocycles. The van der Waals surface area contributed by atoms with Crippen molar-refractivity contribution in [2.24, 2.45) is 0 Å². The summed E-state index contributed by atoms with van der Waals surface area (Å²) >= 11 is 0. The Morgan fingerprint density at radius 1 is 0.778 bits per heavy atom. The monoisotopic (exact) mass is 508 g/mol. The summed E-state index contributed by atoms with van der Waals surface area (Å²) in [5, 5.41) is 0. The van der Waals surface area contributed by atoms with E-state index < -0.39 is 14.6 Å². The van der Waals surface area contributed by atoms with Crippen LogP contribution in [0.4, 0.5) is 0 Å². The Morgan fingerprint density at radius 3 is 1.92 bits per heavy atom. The molecule has 192 valence electrons. The molecule has 7 heteroatoms. The summed E-state index contributed by atoms with van der Waals surface area (Å²) in [6.07, 6.45) is 0.779. The zero-order valence-electron chi connectivity index (χ0n) is 21.4. The van der Waals surface area contributed by atoms with Crippen LogP contribution in [0.25, 0.3) is 0 Å². The van der Waals surface area contributed by atoms with Crippen molar-refractivity contribution in [2.45, 2.75) is 45.6 Å². The third-order valence-corrected chi connectivity index (χ3v) is 9.16. The van der Waals surface area contributed by atoms with Gasteiger partial charge >= 0.3 is 8.80 Å². The molecule has 0 saturated heterocycles. The van der Waals surface area contributed by atoms with Gasteiger partial charge in [0, 0.05) is 42.6 Å². The highest BCUT2D eigenvalue weighted by molar-refractivity contribution is 6.60. The average Bonchev–Trinajstić information content (AvgIpc) is 2.92. The van der Waals surface area contributed by atoms with Gasteiger partial charge in [0.1, 0.15) is 11.5 Å². The third-order valence-electron chi connectivity index (χ3n) is 6.01. The molecule has 0 fully saturated rings. The first-order chi connectivity index (χ1) is 17.6. The van der Waals surface area contributed by atoms with Crippen molar-refractivity contribution in [2.75, 3.05) is 26.4 Å². The number of ether oxygens (including phenoxy) is 3. The molecular weight excluding hydrogens is 472 g/mol. The maximum absolute atomic E-state index is 6.58. The van der Waals surface area contributed by atoms with E-state index in [1.165, 1.54) is 0 Å². The van der Waals surface area contributed by atoms with E-state index in [0.29, 0.717) is 33.0 Å². The maximum Gasteiger partial charge on any atom is 0.501 e. The van der Waals surface area contributed by atoms with Crippen LogP contribution in [0.3, 0.4) is 0 Å². The average molecular weight is 509 g/mol. The van der Waals surface area contributed by atoms with Crippen LogP contribution in [0.2, 0.25) is 6.04 Å². The van der Waals surface area contributed by atoms with Gasteiger partial charge in [0.15, 0.2) is 0 Å². The SMILES string of the molecule is CCO[Si](CCCOc1ccc2c(c1)COC(c1ccccc1)(c1ccccc1)O2)(OCC)OCC. The van der Waals surface area contributed by atoms with Gasteiger partial charge in [0.25, 0.3) is 5.79 Å². The van der Waals surface area contributed by atoms with Crippen LogP contribution in [-0.4, -0.2) is 35.2 Å². The molecule has 0 amide bonds. The van der Waals surface area contributed by atoms with Crippen molar-refractivity contribution < 1.29 is 27.5 Å². The topological polar surface area (TPSA) is 55.4 Å². The van der Waals surface area contributed by atoms with E-state index in [0.717, 1.165) is 40.7 Å². The summed E-state index contributed by atoms with van der Waals surface area (Å²) in [4.78, 5) is 0. The van der Waals surface area contributed by atoms with Crippen LogP contribution >= 0.6 is 0 Å². The summed E-state index contributed by atoms with van der Waals surface area (Å²) in [5.74, 6) is 0.574. The van der Waals surface area contributed by atoms with Crippen molar-refractivity contribution in [1.82, 2.24) is 0 Å². The summed E-state index contributed by atoms with van der Waals surface area (Å²) in [6, 6.07) is 26.7. The molecule has 1 aliphatic heterocycles. The lowest BCUT2D eigenvalue weighted by molar-refractivity contribution is -0.184.